The van der Waals surface area contributed by atoms with Crippen LogP contribution in [0, 0.1) is 0 Å². The average molecular weight is 338 g/mol. The summed E-state index contributed by atoms with van der Waals surface area (Å²) in [5, 5.41) is 0.955. The third kappa shape index (κ3) is 3.18. The summed E-state index contributed by atoms with van der Waals surface area (Å²) in [5.74, 6) is 2.14. The van der Waals surface area contributed by atoms with Crippen LogP contribution < -0.4 is 19.8 Å². The number of fused-ring (bicyclic) bond motifs is 2. The van der Waals surface area contributed by atoms with E-state index in [1.54, 1.807) is 12.1 Å². The Labute approximate surface area is 144 Å². The van der Waals surface area contributed by atoms with Gasteiger partial charge in [0.2, 0.25) is 6.79 Å². The van der Waals surface area contributed by atoms with E-state index in [2.05, 4.69) is 6.92 Å². The Balaban J connectivity index is 1.56. The molecule has 5 heteroatoms. The summed E-state index contributed by atoms with van der Waals surface area (Å²) in [4.78, 5) is 11.7. The van der Waals surface area contributed by atoms with Crippen LogP contribution >= 0.6 is 0 Å². The van der Waals surface area contributed by atoms with Crippen LogP contribution in [0.5, 0.6) is 17.2 Å². The summed E-state index contributed by atoms with van der Waals surface area (Å²) in [6, 6.07) is 12.9. The predicted molar refractivity (Wildman–Crippen MR) is 93.4 cm³/mol. The van der Waals surface area contributed by atoms with Crippen LogP contribution in [0.1, 0.15) is 24.5 Å². The Morgan fingerprint density at radius 1 is 1.04 bits per heavy atom. The first-order valence-corrected chi connectivity index (χ1v) is 8.31. The zero-order chi connectivity index (χ0) is 17.2. The van der Waals surface area contributed by atoms with Gasteiger partial charge >= 0.3 is 5.63 Å². The minimum atomic E-state index is -0.330. The second kappa shape index (κ2) is 6.51. The molecule has 0 unspecified atom stereocenters. The Bertz CT molecular complexity index is 973. The van der Waals surface area contributed by atoms with E-state index in [0.29, 0.717) is 17.9 Å². The molecule has 128 valence electrons. The number of ether oxygens (including phenoxy) is 3. The molecule has 1 aliphatic rings. The fourth-order valence-electron chi connectivity index (χ4n) is 2.97. The van der Waals surface area contributed by atoms with Gasteiger partial charge < -0.3 is 18.6 Å². The standard InChI is InChI=1S/C20H18O5/c1-2-3-14-9-20(21)25-18-10-15(5-6-16(14)18)22-11-13-4-7-17-19(8-13)24-12-23-17/h4-10H,2-3,11-12H2,1H3. The van der Waals surface area contributed by atoms with Crippen LogP contribution in [0.3, 0.4) is 0 Å². The zero-order valence-electron chi connectivity index (χ0n) is 13.9. The minimum absolute atomic E-state index is 0.253. The highest BCUT2D eigenvalue weighted by atomic mass is 16.7. The molecule has 5 nitrogen and oxygen atoms in total. The Kier molecular flexibility index (Phi) is 4.06. The van der Waals surface area contributed by atoms with Gasteiger partial charge in [0.25, 0.3) is 0 Å². The van der Waals surface area contributed by atoms with E-state index in [4.69, 9.17) is 18.6 Å². The molecular weight excluding hydrogens is 320 g/mol. The summed E-state index contributed by atoms with van der Waals surface area (Å²) in [7, 11) is 0. The summed E-state index contributed by atoms with van der Waals surface area (Å²) in [6.07, 6.45) is 1.82. The Morgan fingerprint density at radius 3 is 2.80 bits per heavy atom. The Hall–Kier alpha value is -2.95. The molecule has 0 aliphatic carbocycles. The van der Waals surface area contributed by atoms with Crippen molar-refractivity contribution in [2.24, 2.45) is 0 Å². The van der Waals surface area contributed by atoms with Crippen LogP contribution in [0.4, 0.5) is 0 Å². The van der Waals surface area contributed by atoms with Crippen molar-refractivity contribution in [3.63, 3.8) is 0 Å². The molecule has 0 atom stereocenters. The molecule has 0 N–H and O–H groups in total. The molecule has 0 saturated heterocycles. The van der Waals surface area contributed by atoms with E-state index in [0.717, 1.165) is 40.9 Å². The van der Waals surface area contributed by atoms with Gasteiger partial charge in [-0.25, -0.2) is 4.79 Å². The molecule has 4 rings (SSSR count). The molecule has 25 heavy (non-hydrogen) atoms. The molecule has 0 bridgehead atoms. The van der Waals surface area contributed by atoms with Gasteiger partial charge in [0, 0.05) is 17.5 Å². The van der Waals surface area contributed by atoms with E-state index < -0.39 is 0 Å². The SMILES string of the molecule is CCCc1cc(=O)oc2cc(OCc3ccc4c(c3)OCO4)ccc12. The highest BCUT2D eigenvalue weighted by Gasteiger charge is 2.13. The van der Waals surface area contributed by atoms with Crippen molar-refractivity contribution in [3.8, 4) is 17.2 Å². The molecule has 1 aliphatic heterocycles. The van der Waals surface area contributed by atoms with Crippen molar-refractivity contribution < 1.29 is 18.6 Å². The quantitative estimate of drug-likeness (QED) is 0.657. The molecule has 0 spiro atoms. The molecule has 1 aromatic heterocycles. The number of aryl methyl sites for hydroxylation is 1. The maximum absolute atomic E-state index is 11.7. The molecule has 2 heterocycles. The fraction of sp³-hybridized carbons (Fsp3) is 0.250. The first-order chi connectivity index (χ1) is 12.2. The number of hydrogen-bond acceptors (Lipinski definition) is 5. The summed E-state index contributed by atoms with van der Waals surface area (Å²) in [5.41, 5.74) is 2.21. The molecular formula is C20H18O5. The normalized spacial score (nSPS) is 12.5. The van der Waals surface area contributed by atoms with E-state index in [1.807, 2.05) is 30.3 Å². The lowest BCUT2D eigenvalue weighted by atomic mass is 10.1. The van der Waals surface area contributed by atoms with Crippen molar-refractivity contribution in [2.45, 2.75) is 26.4 Å². The van der Waals surface area contributed by atoms with Gasteiger partial charge in [0.15, 0.2) is 11.5 Å². The first-order valence-electron chi connectivity index (χ1n) is 8.31. The molecule has 0 fully saturated rings. The van der Waals surface area contributed by atoms with Crippen LogP contribution in [0.15, 0.2) is 51.7 Å². The van der Waals surface area contributed by atoms with Gasteiger partial charge in [0.1, 0.15) is 17.9 Å². The van der Waals surface area contributed by atoms with Crippen LogP contribution in [-0.2, 0) is 13.0 Å². The maximum Gasteiger partial charge on any atom is 0.336 e. The molecule has 0 radical (unpaired) electrons. The average Bonchev–Trinajstić information content (AvgIpc) is 3.07. The zero-order valence-corrected chi connectivity index (χ0v) is 13.9. The van der Waals surface area contributed by atoms with E-state index >= 15 is 0 Å². The molecule has 0 amide bonds. The second-order valence-electron chi connectivity index (χ2n) is 5.97. The fourth-order valence-corrected chi connectivity index (χ4v) is 2.97. The monoisotopic (exact) mass is 338 g/mol. The van der Waals surface area contributed by atoms with Gasteiger partial charge in [-0.15, -0.1) is 0 Å². The van der Waals surface area contributed by atoms with E-state index in [9.17, 15) is 4.79 Å². The summed E-state index contributed by atoms with van der Waals surface area (Å²) < 4.78 is 21.8. The highest BCUT2D eigenvalue weighted by Crippen LogP contribution is 2.33. The smallest absolute Gasteiger partial charge is 0.336 e. The van der Waals surface area contributed by atoms with Crippen molar-refractivity contribution in [3.05, 3.63) is 64.0 Å². The van der Waals surface area contributed by atoms with Gasteiger partial charge in [-0.1, -0.05) is 19.4 Å². The van der Waals surface area contributed by atoms with E-state index in [1.165, 1.54) is 0 Å². The molecule has 3 aromatic rings. The highest BCUT2D eigenvalue weighted by molar-refractivity contribution is 5.81. The van der Waals surface area contributed by atoms with Gasteiger partial charge in [0.05, 0.1) is 0 Å². The van der Waals surface area contributed by atoms with Crippen LogP contribution in [0.25, 0.3) is 11.0 Å². The maximum atomic E-state index is 11.7. The lowest BCUT2D eigenvalue weighted by Gasteiger charge is -2.09. The largest absolute Gasteiger partial charge is 0.489 e. The van der Waals surface area contributed by atoms with Crippen molar-refractivity contribution in [2.75, 3.05) is 6.79 Å². The molecule has 2 aromatic carbocycles. The lowest BCUT2D eigenvalue weighted by Crippen LogP contribution is -2.01. The predicted octanol–water partition coefficient (Wildman–Crippen LogP) is 4.05. The third-order valence-corrected chi connectivity index (χ3v) is 4.16. The van der Waals surface area contributed by atoms with Crippen LogP contribution in [-0.4, -0.2) is 6.79 Å². The Morgan fingerprint density at radius 2 is 1.92 bits per heavy atom. The number of benzene rings is 2. The van der Waals surface area contributed by atoms with E-state index in [-0.39, 0.29) is 12.4 Å². The number of hydrogen-bond donors (Lipinski definition) is 0. The topological polar surface area (TPSA) is 57.9 Å². The molecule has 0 saturated carbocycles. The first kappa shape index (κ1) is 15.6. The third-order valence-electron chi connectivity index (χ3n) is 4.16. The van der Waals surface area contributed by atoms with Gasteiger partial charge in [-0.05, 0) is 41.8 Å². The number of rotatable bonds is 5. The van der Waals surface area contributed by atoms with Crippen molar-refractivity contribution >= 4 is 11.0 Å². The van der Waals surface area contributed by atoms with Crippen molar-refractivity contribution in [1.29, 1.82) is 0 Å². The summed E-state index contributed by atoms with van der Waals surface area (Å²) in [6.45, 7) is 2.73. The van der Waals surface area contributed by atoms with Gasteiger partial charge in [-0.2, -0.15) is 0 Å². The lowest BCUT2D eigenvalue weighted by molar-refractivity contribution is 0.174. The van der Waals surface area contributed by atoms with Crippen LogP contribution in [0.2, 0.25) is 0 Å². The minimum Gasteiger partial charge on any atom is -0.489 e. The van der Waals surface area contributed by atoms with Crippen molar-refractivity contribution in [1.82, 2.24) is 0 Å². The summed E-state index contributed by atoms with van der Waals surface area (Å²) >= 11 is 0. The second-order valence-corrected chi connectivity index (χ2v) is 5.97. The van der Waals surface area contributed by atoms with Gasteiger partial charge in [-0.3, -0.25) is 0 Å².